The maximum atomic E-state index is 6.01. The van der Waals surface area contributed by atoms with Crippen LogP contribution in [0.15, 0.2) is 18.2 Å². The van der Waals surface area contributed by atoms with Gasteiger partial charge in [0.1, 0.15) is 6.10 Å². The van der Waals surface area contributed by atoms with Gasteiger partial charge in [0.05, 0.1) is 7.11 Å². The van der Waals surface area contributed by atoms with Crippen LogP contribution in [0.4, 0.5) is 0 Å². The first-order valence-corrected chi connectivity index (χ1v) is 6.04. The van der Waals surface area contributed by atoms with E-state index in [4.69, 9.17) is 9.47 Å². The molecule has 3 nitrogen and oxygen atoms in total. The molecule has 1 N–H and O–H groups in total. The van der Waals surface area contributed by atoms with Crippen LogP contribution in [0, 0.1) is 12.8 Å². The first kappa shape index (κ1) is 13.8. The molecule has 3 heteroatoms. The summed E-state index contributed by atoms with van der Waals surface area (Å²) in [7, 11) is 3.61. The van der Waals surface area contributed by atoms with Gasteiger partial charge in [-0.2, -0.15) is 0 Å². The number of rotatable bonds is 6. The highest BCUT2D eigenvalue weighted by Gasteiger charge is 2.16. The summed E-state index contributed by atoms with van der Waals surface area (Å²) in [5.74, 6) is 2.06. The Morgan fingerprint density at radius 2 is 1.94 bits per heavy atom. The molecule has 0 aliphatic heterocycles. The molecule has 0 aliphatic carbocycles. The minimum Gasteiger partial charge on any atom is -0.493 e. The molecule has 1 atom stereocenters. The van der Waals surface area contributed by atoms with Crippen LogP contribution in [0.3, 0.4) is 0 Å². The number of hydrogen-bond donors (Lipinski definition) is 1. The highest BCUT2D eigenvalue weighted by atomic mass is 16.5. The van der Waals surface area contributed by atoms with Crippen LogP contribution < -0.4 is 14.8 Å². The van der Waals surface area contributed by atoms with Gasteiger partial charge in [-0.1, -0.05) is 19.9 Å². The number of nitrogens with one attached hydrogen (secondary N) is 1. The van der Waals surface area contributed by atoms with Crippen molar-refractivity contribution in [1.82, 2.24) is 5.32 Å². The first-order valence-electron chi connectivity index (χ1n) is 6.04. The molecular weight excluding hydrogens is 214 g/mol. The standard InChI is InChI=1S/C14H23NO2/c1-10(2)14(9-15-4)17-12-7-6-11(3)8-13(12)16-5/h6-8,10,14-15H,9H2,1-5H3. The fraction of sp³-hybridized carbons (Fsp3) is 0.571. The maximum Gasteiger partial charge on any atom is 0.161 e. The van der Waals surface area contributed by atoms with E-state index in [0.717, 1.165) is 18.0 Å². The highest BCUT2D eigenvalue weighted by Crippen LogP contribution is 2.29. The van der Waals surface area contributed by atoms with Crippen LogP contribution in [0.25, 0.3) is 0 Å². The molecular formula is C14H23NO2. The summed E-state index contributed by atoms with van der Waals surface area (Å²) in [5, 5.41) is 3.15. The predicted octanol–water partition coefficient (Wildman–Crippen LogP) is 2.63. The van der Waals surface area contributed by atoms with Gasteiger partial charge in [-0.3, -0.25) is 0 Å². The van der Waals surface area contributed by atoms with Crippen molar-refractivity contribution in [2.75, 3.05) is 20.7 Å². The van der Waals surface area contributed by atoms with Crippen LogP contribution in [0.2, 0.25) is 0 Å². The van der Waals surface area contributed by atoms with E-state index < -0.39 is 0 Å². The van der Waals surface area contributed by atoms with Crippen LogP contribution in [0.1, 0.15) is 19.4 Å². The maximum absolute atomic E-state index is 6.01. The molecule has 0 spiro atoms. The quantitative estimate of drug-likeness (QED) is 0.825. The van der Waals surface area contributed by atoms with Gasteiger partial charge in [-0.05, 0) is 37.6 Å². The largest absolute Gasteiger partial charge is 0.493 e. The summed E-state index contributed by atoms with van der Waals surface area (Å²) < 4.78 is 11.3. The van der Waals surface area contributed by atoms with Crippen molar-refractivity contribution in [3.8, 4) is 11.5 Å². The minimum absolute atomic E-state index is 0.150. The van der Waals surface area contributed by atoms with Crippen molar-refractivity contribution in [1.29, 1.82) is 0 Å². The van der Waals surface area contributed by atoms with Gasteiger partial charge < -0.3 is 14.8 Å². The van der Waals surface area contributed by atoms with Crippen molar-refractivity contribution >= 4 is 0 Å². The molecule has 1 unspecified atom stereocenters. The molecule has 1 aromatic carbocycles. The van der Waals surface area contributed by atoms with E-state index in [2.05, 4.69) is 19.2 Å². The molecule has 1 rings (SSSR count). The molecule has 0 saturated carbocycles. The highest BCUT2D eigenvalue weighted by molar-refractivity contribution is 5.42. The molecule has 0 aliphatic rings. The van der Waals surface area contributed by atoms with E-state index in [0.29, 0.717) is 5.92 Å². The topological polar surface area (TPSA) is 30.5 Å². The molecule has 0 aromatic heterocycles. The molecule has 0 bridgehead atoms. The third-order valence-corrected chi connectivity index (χ3v) is 2.75. The first-order chi connectivity index (χ1) is 8.08. The van der Waals surface area contributed by atoms with Gasteiger partial charge in [0.25, 0.3) is 0 Å². The van der Waals surface area contributed by atoms with Gasteiger partial charge in [-0.15, -0.1) is 0 Å². The van der Waals surface area contributed by atoms with Gasteiger partial charge in [-0.25, -0.2) is 0 Å². The number of likely N-dealkylation sites (N-methyl/N-ethyl adjacent to an activating group) is 1. The zero-order valence-electron chi connectivity index (χ0n) is 11.4. The normalized spacial score (nSPS) is 12.6. The molecule has 0 fully saturated rings. The van der Waals surface area contributed by atoms with Gasteiger partial charge in [0.2, 0.25) is 0 Å². The summed E-state index contributed by atoms with van der Waals surface area (Å²) in [6.45, 7) is 7.18. The zero-order valence-corrected chi connectivity index (χ0v) is 11.4. The Bertz CT molecular complexity index is 350. The van der Waals surface area contributed by atoms with E-state index in [1.54, 1.807) is 7.11 Å². The second kappa shape index (κ2) is 6.50. The number of ether oxygens (including phenoxy) is 2. The lowest BCUT2D eigenvalue weighted by Gasteiger charge is -2.23. The summed E-state index contributed by atoms with van der Waals surface area (Å²) in [5.41, 5.74) is 1.17. The van der Waals surface area contributed by atoms with Crippen LogP contribution >= 0.6 is 0 Å². The predicted molar refractivity (Wildman–Crippen MR) is 70.9 cm³/mol. The van der Waals surface area contributed by atoms with E-state index >= 15 is 0 Å². The average Bonchev–Trinajstić information content (AvgIpc) is 2.30. The number of benzene rings is 1. The lowest BCUT2D eigenvalue weighted by atomic mass is 10.1. The lowest BCUT2D eigenvalue weighted by molar-refractivity contribution is 0.146. The monoisotopic (exact) mass is 237 g/mol. The molecule has 1 aromatic rings. The SMILES string of the molecule is CNCC(Oc1ccc(C)cc1OC)C(C)C. The van der Waals surface area contributed by atoms with E-state index in [9.17, 15) is 0 Å². The third kappa shape index (κ3) is 3.93. The molecule has 0 amide bonds. The molecule has 0 radical (unpaired) electrons. The Kier molecular flexibility index (Phi) is 5.29. The minimum atomic E-state index is 0.150. The Balaban J connectivity index is 2.84. The fourth-order valence-corrected chi connectivity index (χ4v) is 1.65. The average molecular weight is 237 g/mol. The fourth-order valence-electron chi connectivity index (χ4n) is 1.65. The lowest BCUT2D eigenvalue weighted by Crippen LogP contribution is -2.33. The van der Waals surface area contributed by atoms with Crippen molar-refractivity contribution in [3.63, 3.8) is 0 Å². The Hall–Kier alpha value is -1.22. The van der Waals surface area contributed by atoms with Crippen LogP contribution in [0.5, 0.6) is 11.5 Å². The van der Waals surface area contributed by atoms with Crippen molar-refractivity contribution in [2.24, 2.45) is 5.92 Å². The summed E-state index contributed by atoms with van der Waals surface area (Å²) in [4.78, 5) is 0. The van der Waals surface area contributed by atoms with Crippen molar-refractivity contribution in [3.05, 3.63) is 23.8 Å². The second-order valence-electron chi connectivity index (χ2n) is 4.61. The van der Waals surface area contributed by atoms with Crippen LogP contribution in [-0.2, 0) is 0 Å². The molecule has 0 saturated heterocycles. The third-order valence-electron chi connectivity index (χ3n) is 2.75. The molecule has 0 heterocycles. The van der Waals surface area contributed by atoms with E-state index in [1.807, 2.05) is 32.2 Å². The summed E-state index contributed by atoms with van der Waals surface area (Å²) in [6.07, 6.45) is 0.150. The van der Waals surface area contributed by atoms with Gasteiger partial charge in [0, 0.05) is 6.54 Å². The van der Waals surface area contributed by atoms with Crippen LogP contribution in [-0.4, -0.2) is 26.8 Å². The van der Waals surface area contributed by atoms with Gasteiger partial charge >= 0.3 is 0 Å². The zero-order chi connectivity index (χ0) is 12.8. The summed E-state index contributed by atoms with van der Waals surface area (Å²) in [6, 6.07) is 6.00. The second-order valence-corrected chi connectivity index (χ2v) is 4.61. The summed E-state index contributed by atoms with van der Waals surface area (Å²) >= 11 is 0. The van der Waals surface area contributed by atoms with E-state index in [-0.39, 0.29) is 6.10 Å². The number of aryl methyl sites for hydroxylation is 1. The van der Waals surface area contributed by atoms with Crippen molar-refractivity contribution in [2.45, 2.75) is 26.9 Å². The number of hydrogen-bond acceptors (Lipinski definition) is 3. The smallest absolute Gasteiger partial charge is 0.161 e. The van der Waals surface area contributed by atoms with Gasteiger partial charge in [0.15, 0.2) is 11.5 Å². The van der Waals surface area contributed by atoms with Crippen molar-refractivity contribution < 1.29 is 9.47 Å². The number of methoxy groups -OCH3 is 1. The Morgan fingerprint density at radius 1 is 1.24 bits per heavy atom. The Morgan fingerprint density at radius 3 is 2.47 bits per heavy atom. The molecule has 17 heavy (non-hydrogen) atoms. The Labute approximate surface area is 104 Å². The van der Waals surface area contributed by atoms with E-state index in [1.165, 1.54) is 5.56 Å². The molecule has 96 valence electrons.